The van der Waals surface area contributed by atoms with Gasteiger partial charge in [0.25, 0.3) is 0 Å². The number of sulfone groups is 1. The molecule has 1 aromatic rings. The second kappa shape index (κ2) is 5.94. The quantitative estimate of drug-likeness (QED) is 0.817. The lowest BCUT2D eigenvalue weighted by molar-refractivity contribution is -0.117. The SMILES string of the molecule is CCC(=O)N=C1SC2CS(=O)(=O)CC2N1c1cccc(C)c1C. The largest absolute Gasteiger partial charge is 0.315 e. The van der Waals surface area contributed by atoms with Gasteiger partial charge >= 0.3 is 0 Å². The standard InChI is InChI=1S/C16H20N2O3S2/c1-4-15(19)17-16-18(12-7-5-6-10(2)11(12)3)13-8-23(20,21)9-14(13)22-16/h5-7,13-14H,4,8-9H2,1-3H3. The molecule has 7 heteroatoms. The molecular formula is C16H20N2O3S2. The molecule has 0 spiro atoms. The number of aliphatic imine (C=N–C) groups is 1. The van der Waals surface area contributed by atoms with E-state index in [9.17, 15) is 13.2 Å². The van der Waals surface area contributed by atoms with Gasteiger partial charge in [-0.1, -0.05) is 30.8 Å². The first-order valence-electron chi connectivity index (χ1n) is 7.66. The van der Waals surface area contributed by atoms with E-state index in [4.69, 9.17) is 0 Å². The first-order valence-corrected chi connectivity index (χ1v) is 10.4. The maximum atomic E-state index is 12.0. The summed E-state index contributed by atoms with van der Waals surface area (Å²) in [6.07, 6.45) is 0.346. The number of nitrogens with zero attached hydrogens (tertiary/aromatic N) is 2. The molecule has 2 aliphatic rings. The van der Waals surface area contributed by atoms with Crippen molar-refractivity contribution in [2.24, 2.45) is 4.99 Å². The molecule has 0 aliphatic carbocycles. The Kier molecular flexibility index (Phi) is 4.27. The minimum absolute atomic E-state index is 0.0525. The van der Waals surface area contributed by atoms with Crippen LogP contribution in [-0.4, -0.2) is 42.3 Å². The Morgan fingerprint density at radius 3 is 2.78 bits per heavy atom. The molecule has 2 unspecified atom stereocenters. The number of amidine groups is 1. The van der Waals surface area contributed by atoms with Crippen molar-refractivity contribution in [3.63, 3.8) is 0 Å². The highest BCUT2D eigenvalue weighted by Crippen LogP contribution is 2.42. The predicted molar refractivity (Wildman–Crippen MR) is 94.9 cm³/mol. The number of carbonyl (C=O) groups is 1. The predicted octanol–water partition coefficient (Wildman–Crippen LogP) is 2.31. The van der Waals surface area contributed by atoms with Crippen molar-refractivity contribution in [3.05, 3.63) is 29.3 Å². The first-order chi connectivity index (χ1) is 10.8. The number of anilines is 1. The van der Waals surface area contributed by atoms with Gasteiger partial charge < -0.3 is 4.90 Å². The van der Waals surface area contributed by atoms with Crippen LogP contribution in [0.4, 0.5) is 5.69 Å². The lowest BCUT2D eigenvalue weighted by Crippen LogP contribution is -2.38. The highest BCUT2D eigenvalue weighted by molar-refractivity contribution is 8.16. The molecule has 3 rings (SSSR count). The number of hydrogen-bond acceptors (Lipinski definition) is 4. The van der Waals surface area contributed by atoms with Gasteiger partial charge in [0, 0.05) is 17.4 Å². The molecule has 0 bridgehead atoms. The van der Waals surface area contributed by atoms with E-state index in [-0.39, 0.29) is 28.7 Å². The molecule has 0 N–H and O–H groups in total. The molecule has 2 saturated heterocycles. The van der Waals surface area contributed by atoms with E-state index in [1.54, 1.807) is 6.92 Å². The molecule has 2 heterocycles. The van der Waals surface area contributed by atoms with Crippen molar-refractivity contribution in [2.45, 2.75) is 38.5 Å². The van der Waals surface area contributed by atoms with Gasteiger partial charge in [-0.05, 0) is 31.0 Å². The van der Waals surface area contributed by atoms with Crippen LogP contribution in [0.1, 0.15) is 24.5 Å². The summed E-state index contributed by atoms with van der Waals surface area (Å²) in [7, 11) is -3.03. The summed E-state index contributed by atoms with van der Waals surface area (Å²) < 4.78 is 24.0. The number of hydrogen-bond donors (Lipinski definition) is 0. The fourth-order valence-electron chi connectivity index (χ4n) is 3.03. The van der Waals surface area contributed by atoms with Crippen LogP contribution in [0.25, 0.3) is 0 Å². The molecule has 2 atom stereocenters. The molecule has 0 saturated carbocycles. The van der Waals surface area contributed by atoms with E-state index < -0.39 is 9.84 Å². The Morgan fingerprint density at radius 2 is 2.09 bits per heavy atom. The molecule has 2 aliphatic heterocycles. The fourth-order valence-corrected chi connectivity index (χ4v) is 6.95. The van der Waals surface area contributed by atoms with E-state index in [0.717, 1.165) is 16.8 Å². The van der Waals surface area contributed by atoms with E-state index in [2.05, 4.69) is 4.99 Å². The maximum absolute atomic E-state index is 12.0. The van der Waals surface area contributed by atoms with Crippen molar-refractivity contribution >= 4 is 38.4 Å². The number of carbonyl (C=O) groups excluding carboxylic acids is 1. The second-order valence-electron chi connectivity index (χ2n) is 6.03. The number of benzene rings is 1. The Balaban J connectivity index is 2.09. The van der Waals surface area contributed by atoms with Gasteiger partial charge in [-0.15, -0.1) is 0 Å². The minimum Gasteiger partial charge on any atom is -0.315 e. The molecule has 2 fully saturated rings. The Labute approximate surface area is 141 Å². The van der Waals surface area contributed by atoms with Gasteiger partial charge in [0.1, 0.15) is 0 Å². The van der Waals surface area contributed by atoms with E-state index >= 15 is 0 Å². The van der Waals surface area contributed by atoms with E-state index in [1.165, 1.54) is 11.8 Å². The molecule has 0 radical (unpaired) electrons. The minimum atomic E-state index is -3.03. The lowest BCUT2D eigenvalue weighted by Gasteiger charge is -2.26. The van der Waals surface area contributed by atoms with Crippen molar-refractivity contribution < 1.29 is 13.2 Å². The first kappa shape index (κ1) is 16.5. The van der Waals surface area contributed by atoms with Gasteiger partial charge in [0.15, 0.2) is 15.0 Å². The molecule has 0 aromatic heterocycles. The van der Waals surface area contributed by atoms with Gasteiger partial charge in [0.2, 0.25) is 5.91 Å². The molecule has 124 valence electrons. The van der Waals surface area contributed by atoms with Crippen molar-refractivity contribution in [3.8, 4) is 0 Å². The zero-order valence-corrected chi connectivity index (χ0v) is 15.1. The number of amides is 1. The van der Waals surface area contributed by atoms with Crippen LogP contribution in [0.2, 0.25) is 0 Å². The van der Waals surface area contributed by atoms with Crippen LogP contribution < -0.4 is 4.90 Å². The normalized spacial score (nSPS) is 27.4. The van der Waals surface area contributed by atoms with Crippen LogP contribution in [-0.2, 0) is 14.6 Å². The Morgan fingerprint density at radius 1 is 1.35 bits per heavy atom. The van der Waals surface area contributed by atoms with Gasteiger partial charge in [-0.25, -0.2) is 8.42 Å². The van der Waals surface area contributed by atoms with Gasteiger partial charge in [0.05, 0.1) is 17.5 Å². The summed E-state index contributed by atoms with van der Waals surface area (Å²) in [5.74, 6) is 0.103. The van der Waals surface area contributed by atoms with Gasteiger partial charge in [-0.3, -0.25) is 4.79 Å². The van der Waals surface area contributed by atoms with Crippen molar-refractivity contribution in [1.82, 2.24) is 0 Å². The summed E-state index contributed by atoms with van der Waals surface area (Å²) in [6.45, 7) is 5.82. The Hall–Kier alpha value is -1.34. The van der Waals surface area contributed by atoms with Crippen LogP contribution in [0.15, 0.2) is 23.2 Å². The lowest BCUT2D eigenvalue weighted by atomic mass is 10.1. The summed E-state index contributed by atoms with van der Waals surface area (Å²) in [5.41, 5.74) is 3.18. The average Bonchev–Trinajstić information content (AvgIpc) is 2.93. The molecule has 1 aromatic carbocycles. The Bertz CT molecular complexity index is 787. The molecule has 5 nitrogen and oxygen atoms in total. The summed E-state index contributed by atoms with van der Waals surface area (Å²) in [4.78, 5) is 18.0. The third kappa shape index (κ3) is 3.04. The third-order valence-electron chi connectivity index (χ3n) is 4.42. The zero-order chi connectivity index (χ0) is 16.8. The van der Waals surface area contributed by atoms with Crippen LogP contribution >= 0.6 is 11.8 Å². The fraction of sp³-hybridized carbons (Fsp3) is 0.500. The monoisotopic (exact) mass is 352 g/mol. The molecular weight excluding hydrogens is 332 g/mol. The molecule has 1 amide bonds. The number of rotatable bonds is 2. The smallest absolute Gasteiger partial charge is 0.247 e. The summed E-state index contributed by atoms with van der Waals surface area (Å²) >= 11 is 1.42. The second-order valence-corrected chi connectivity index (χ2v) is 9.39. The third-order valence-corrected chi connectivity index (χ3v) is 7.63. The highest BCUT2D eigenvalue weighted by Gasteiger charge is 2.49. The van der Waals surface area contributed by atoms with Gasteiger partial charge in [-0.2, -0.15) is 4.99 Å². The number of aryl methyl sites for hydroxylation is 1. The van der Waals surface area contributed by atoms with Crippen LogP contribution in [0.3, 0.4) is 0 Å². The van der Waals surface area contributed by atoms with Crippen LogP contribution in [0.5, 0.6) is 0 Å². The molecule has 23 heavy (non-hydrogen) atoms. The highest BCUT2D eigenvalue weighted by atomic mass is 32.2. The average molecular weight is 352 g/mol. The summed E-state index contributed by atoms with van der Waals surface area (Å²) in [6, 6.07) is 5.81. The van der Waals surface area contributed by atoms with E-state index in [0.29, 0.717) is 11.6 Å². The van der Waals surface area contributed by atoms with Crippen molar-refractivity contribution in [2.75, 3.05) is 16.4 Å². The zero-order valence-electron chi connectivity index (χ0n) is 13.4. The summed E-state index contributed by atoms with van der Waals surface area (Å²) in [5, 5.41) is 0.582. The number of thioether (sulfide) groups is 1. The maximum Gasteiger partial charge on any atom is 0.247 e. The van der Waals surface area contributed by atoms with E-state index in [1.807, 2.05) is 36.9 Å². The van der Waals surface area contributed by atoms with Crippen LogP contribution in [0, 0.1) is 13.8 Å². The number of fused-ring (bicyclic) bond motifs is 1. The topological polar surface area (TPSA) is 66.8 Å². The van der Waals surface area contributed by atoms with Crippen molar-refractivity contribution in [1.29, 1.82) is 0 Å².